The van der Waals surface area contributed by atoms with Gasteiger partial charge >= 0.3 is 6.18 Å². The molecule has 0 aliphatic rings. The lowest BCUT2D eigenvalue weighted by Gasteiger charge is -2.13. The summed E-state index contributed by atoms with van der Waals surface area (Å²) in [7, 11) is 0. The second-order valence-corrected chi connectivity index (χ2v) is 6.42. The van der Waals surface area contributed by atoms with Gasteiger partial charge in [0.2, 0.25) is 0 Å². The molecular formula is C21H15F3N4. The summed E-state index contributed by atoms with van der Waals surface area (Å²) in [4.78, 5) is 12.9. The highest BCUT2D eigenvalue weighted by atomic mass is 19.4. The van der Waals surface area contributed by atoms with Crippen molar-refractivity contribution in [2.24, 2.45) is 0 Å². The zero-order chi connectivity index (χ0) is 19.9. The number of benzene rings is 2. The Labute approximate surface area is 158 Å². The Balaban J connectivity index is 1.90. The maximum atomic E-state index is 13.1. The Morgan fingerprint density at radius 1 is 0.893 bits per heavy atom. The van der Waals surface area contributed by atoms with E-state index in [-0.39, 0.29) is 11.3 Å². The first kappa shape index (κ1) is 17.9. The number of rotatable bonds is 2. The normalized spacial score (nSPS) is 11.7. The van der Waals surface area contributed by atoms with Gasteiger partial charge in [-0.1, -0.05) is 12.1 Å². The fourth-order valence-corrected chi connectivity index (χ4v) is 3.14. The average molecular weight is 380 g/mol. The summed E-state index contributed by atoms with van der Waals surface area (Å²) < 4.78 is 39.4. The molecule has 0 spiro atoms. The minimum absolute atomic E-state index is 0.220. The van der Waals surface area contributed by atoms with Crippen LogP contribution in [0.25, 0.3) is 33.4 Å². The molecule has 2 aromatic heterocycles. The van der Waals surface area contributed by atoms with E-state index in [1.54, 1.807) is 12.3 Å². The van der Waals surface area contributed by atoms with Crippen molar-refractivity contribution in [2.75, 3.05) is 5.73 Å². The van der Waals surface area contributed by atoms with Crippen LogP contribution in [0, 0.1) is 6.92 Å². The van der Waals surface area contributed by atoms with Crippen LogP contribution in [0.2, 0.25) is 0 Å². The zero-order valence-electron chi connectivity index (χ0n) is 14.8. The molecule has 0 fully saturated rings. The molecule has 2 aromatic carbocycles. The third-order valence-electron chi connectivity index (χ3n) is 4.56. The number of pyridine rings is 1. The zero-order valence-corrected chi connectivity index (χ0v) is 14.8. The van der Waals surface area contributed by atoms with Crippen LogP contribution in [-0.4, -0.2) is 15.0 Å². The van der Waals surface area contributed by atoms with Crippen molar-refractivity contribution in [3.05, 3.63) is 72.2 Å². The molecule has 140 valence electrons. The Bertz CT molecular complexity index is 1190. The van der Waals surface area contributed by atoms with Crippen LogP contribution in [-0.2, 0) is 6.18 Å². The van der Waals surface area contributed by atoms with Crippen LogP contribution in [0.4, 0.5) is 18.9 Å². The van der Waals surface area contributed by atoms with Gasteiger partial charge in [0.1, 0.15) is 6.33 Å². The molecule has 28 heavy (non-hydrogen) atoms. The molecule has 4 rings (SSSR count). The Morgan fingerprint density at radius 2 is 1.71 bits per heavy atom. The second kappa shape index (κ2) is 6.60. The van der Waals surface area contributed by atoms with E-state index < -0.39 is 11.7 Å². The van der Waals surface area contributed by atoms with Gasteiger partial charge in [0.25, 0.3) is 0 Å². The standard InChI is InChI=1S/C21H15F3N4/c1-12-3-2-8-26-19(12)13-4-6-15-18(9-13)27-11-28-20(15)16-10-14(21(22,23)24)5-7-17(16)25/h2-11H,25H2,1H3. The highest BCUT2D eigenvalue weighted by Crippen LogP contribution is 2.37. The van der Waals surface area contributed by atoms with Gasteiger partial charge in [0, 0.05) is 28.4 Å². The number of nitrogens with two attached hydrogens (primary N) is 1. The topological polar surface area (TPSA) is 64.7 Å². The summed E-state index contributed by atoms with van der Waals surface area (Å²) in [6.07, 6.45) is -1.43. The molecule has 0 saturated carbocycles. The van der Waals surface area contributed by atoms with Crippen LogP contribution in [0.15, 0.2) is 61.1 Å². The lowest BCUT2D eigenvalue weighted by molar-refractivity contribution is -0.137. The van der Waals surface area contributed by atoms with Crippen molar-refractivity contribution in [1.29, 1.82) is 0 Å². The molecule has 4 nitrogen and oxygen atoms in total. The molecule has 2 N–H and O–H groups in total. The minimum atomic E-state index is -4.46. The summed E-state index contributed by atoms with van der Waals surface area (Å²) in [5.74, 6) is 0. The van der Waals surface area contributed by atoms with Crippen molar-refractivity contribution in [1.82, 2.24) is 15.0 Å². The number of hydrogen-bond acceptors (Lipinski definition) is 4. The predicted molar refractivity (Wildman–Crippen MR) is 102 cm³/mol. The third kappa shape index (κ3) is 3.15. The maximum Gasteiger partial charge on any atom is 0.416 e. The highest BCUT2D eigenvalue weighted by molar-refractivity contribution is 5.97. The lowest BCUT2D eigenvalue weighted by atomic mass is 9.99. The average Bonchev–Trinajstić information content (AvgIpc) is 2.67. The van der Waals surface area contributed by atoms with E-state index in [1.807, 2.05) is 31.2 Å². The van der Waals surface area contributed by atoms with E-state index >= 15 is 0 Å². The molecule has 0 aliphatic carbocycles. The first-order chi connectivity index (χ1) is 13.3. The number of aromatic nitrogens is 3. The molecule has 0 atom stereocenters. The predicted octanol–water partition coefficient (Wildman–Crippen LogP) is 5.27. The number of anilines is 1. The first-order valence-corrected chi connectivity index (χ1v) is 8.48. The first-order valence-electron chi connectivity index (χ1n) is 8.48. The fourth-order valence-electron chi connectivity index (χ4n) is 3.14. The van der Waals surface area contributed by atoms with E-state index in [9.17, 15) is 13.2 Å². The maximum absolute atomic E-state index is 13.1. The molecule has 0 saturated heterocycles. The Hall–Kier alpha value is -3.48. The molecule has 2 heterocycles. The van der Waals surface area contributed by atoms with E-state index in [0.717, 1.165) is 29.0 Å². The monoisotopic (exact) mass is 380 g/mol. The fraction of sp³-hybridized carbons (Fsp3) is 0.0952. The highest BCUT2D eigenvalue weighted by Gasteiger charge is 2.31. The summed E-state index contributed by atoms with van der Waals surface area (Å²) in [5, 5.41) is 0.617. The molecule has 0 amide bonds. The van der Waals surface area contributed by atoms with E-state index in [2.05, 4.69) is 15.0 Å². The molecule has 4 aromatic rings. The van der Waals surface area contributed by atoms with Crippen LogP contribution >= 0.6 is 0 Å². The number of aryl methyl sites for hydroxylation is 1. The number of nitrogen functional groups attached to an aromatic ring is 1. The van der Waals surface area contributed by atoms with E-state index in [1.165, 1.54) is 12.4 Å². The van der Waals surface area contributed by atoms with Crippen LogP contribution < -0.4 is 5.73 Å². The number of fused-ring (bicyclic) bond motifs is 1. The van der Waals surface area contributed by atoms with Crippen molar-refractivity contribution in [3.8, 4) is 22.5 Å². The molecule has 7 heteroatoms. The summed E-state index contributed by atoms with van der Waals surface area (Å²) in [6, 6.07) is 12.5. The van der Waals surface area contributed by atoms with Crippen LogP contribution in [0.5, 0.6) is 0 Å². The quantitative estimate of drug-likeness (QED) is 0.481. The Morgan fingerprint density at radius 3 is 2.46 bits per heavy atom. The third-order valence-corrected chi connectivity index (χ3v) is 4.56. The van der Waals surface area contributed by atoms with Gasteiger partial charge in [-0.05, 0) is 48.9 Å². The van der Waals surface area contributed by atoms with Gasteiger partial charge in [-0.15, -0.1) is 0 Å². The molecule has 0 bridgehead atoms. The summed E-state index contributed by atoms with van der Waals surface area (Å²) >= 11 is 0. The molecular weight excluding hydrogens is 365 g/mol. The molecule has 0 aliphatic heterocycles. The van der Waals surface area contributed by atoms with E-state index in [4.69, 9.17) is 5.73 Å². The SMILES string of the molecule is Cc1cccnc1-c1ccc2c(-c3cc(C(F)(F)F)ccc3N)ncnc2c1. The Kier molecular flexibility index (Phi) is 4.22. The van der Waals surface area contributed by atoms with E-state index in [0.29, 0.717) is 16.6 Å². The van der Waals surface area contributed by atoms with Gasteiger partial charge in [0.05, 0.1) is 22.5 Å². The van der Waals surface area contributed by atoms with Gasteiger partial charge < -0.3 is 5.73 Å². The number of halogens is 3. The largest absolute Gasteiger partial charge is 0.416 e. The van der Waals surface area contributed by atoms with Crippen molar-refractivity contribution < 1.29 is 13.2 Å². The summed E-state index contributed by atoms with van der Waals surface area (Å²) in [5.41, 5.74) is 9.29. The van der Waals surface area contributed by atoms with Gasteiger partial charge in [-0.25, -0.2) is 9.97 Å². The van der Waals surface area contributed by atoms with Gasteiger partial charge in [-0.3, -0.25) is 4.98 Å². The van der Waals surface area contributed by atoms with Crippen molar-refractivity contribution in [3.63, 3.8) is 0 Å². The number of alkyl halides is 3. The second-order valence-electron chi connectivity index (χ2n) is 6.42. The number of nitrogens with zero attached hydrogens (tertiary/aromatic N) is 3. The smallest absolute Gasteiger partial charge is 0.398 e. The van der Waals surface area contributed by atoms with Crippen molar-refractivity contribution >= 4 is 16.6 Å². The van der Waals surface area contributed by atoms with Crippen LogP contribution in [0.1, 0.15) is 11.1 Å². The molecule has 0 radical (unpaired) electrons. The summed E-state index contributed by atoms with van der Waals surface area (Å²) in [6.45, 7) is 1.96. The van der Waals surface area contributed by atoms with Crippen molar-refractivity contribution in [2.45, 2.75) is 13.1 Å². The number of hydrogen-bond donors (Lipinski definition) is 1. The van der Waals surface area contributed by atoms with Crippen LogP contribution in [0.3, 0.4) is 0 Å². The molecule has 0 unspecified atom stereocenters. The lowest BCUT2D eigenvalue weighted by Crippen LogP contribution is -2.06. The minimum Gasteiger partial charge on any atom is -0.398 e. The van der Waals surface area contributed by atoms with Gasteiger partial charge in [0.15, 0.2) is 0 Å². The van der Waals surface area contributed by atoms with Gasteiger partial charge in [-0.2, -0.15) is 13.2 Å².